The zero-order valence-corrected chi connectivity index (χ0v) is 8.64. The van der Waals surface area contributed by atoms with Crippen molar-refractivity contribution in [1.82, 2.24) is 0 Å². The predicted octanol–water partition coefficient (Wildman–Crippen LogP) is 2.64. The molecule has 2 N–H and O–H groups in total. The Kier molecular flexibility index (Phi) is 1.44. The number of benzene rings is 1. The standard InChI is InChI=1S/C12H14ClNO/c13-10-6-2-1-5-9(10)12(14)8-4-3-7-11(12)15/h1-2,5-6H,3-4,7-8,14H2/i3D2,4D2,7D2. The molecule has 1 unspecified atom stereocenters. The van der Waals surface area contributed by atoms with E-state index in [9.17, 15) is 4.79 Å². The van der Waals surface area contributed by atoms with Gasteiger partial charge in [-0.15, -0.1) is 0 Å². The minimum atomic E-state index is -3.07. The fraction of sp³-hybridized carbons (Fsp3) is 0.417. The van der Waals surface area contributed by atoms with Gasteiger partial charge in [0, 0.05) is 19.6 Å². The Morgan fingerprint density at radius 2 is 2.13 bits per heavy atom. The monoisotopic (exact) mass is 229 g/mol. The van der Waals surface area contributed by atoms with E-state index >= 15 is 0 Å². The van der Waals surface area contributed by atoms with E-state index in [1.54, 1.807) is 12.1 Å². The van der Waals surface area contributed by atoms with Crippen molar-refractivity contribution >= 4 is 17.4 Å². The van der Waals surface area contributed by atoms with E-state index in [4.69, 9.17) is 25.6 Å². The molecule has 0 spiro atoms. The molecule has 1 aromatic rings. The van der Waals surface area contributed by atoms with Crippen LogP contribution in [0.4, 0.5) is 0 Å². The number of carbonyl (C=O) groups is 1. The first kappa shape index (κ1) is 5.46. The summed E-state index contributed by atoms with van der Waals surface area (Å²) in [5.74, 6) is -1.21. The lowest BCUT2D eigenvalue weighted by atomic mass is 9.76. The van der Waals surface area contributed by atoms with E-state index in [1.807, 2.05) is 0 Å². The van der Waals surface area contributed by atoms with Gasteiger partial charge < -0.3 is 5.73 Å². The van der Waals surface area contributed by atoms with Crippen LogP contribution in [0.15, 0.2) is 24.3 Å². The molecule has 2 nitrogen and oxygen atoms in total. The molecule has 1 aliphatic rings. The number of Topliss-reactive ketones (excluding diaryl/α,β-unsaturated/α-hetero) is 1. The molecule has 0 saturated heterocycles. The predicted molar refractivity (Wildman–Crippen MR) is 60.8 cm³/mol. The van der Waals surface area contributed by atoms with Crippen molar-refractivity contribution in [3.8, 4) is 0 Å². The number of nitrogens with two attached hydrogens (primary N) is 1. The Hall–Kier alpha value is -0.860. The Balaban J connectivity index is 2.67. The van der Waals surface area contributed by atoms with Crippen molar-refractivity contribution in [2.75, 3.05) is 0 Å². The first-order valence-electron chi connectivity index (χ1n) is 7.47. The van der Waals surface area contributed by atoms with Crippen LogP contribution in [0.25, 0.3) is 0 Å². The average Bonchev–Trinajstić information content (AvgIpc) is 2.35. The van der Waals surface area contributed by atoms with Gasteiger partial charge in [0.15, 0.2) is 5.78 Å². The highest BCUT2D eigenvalue weighted by molar-refractivity contribution is 6.31. The summed E-state index contributed by atoms with van der Waals surface area (Å²) >= 11 is 6.00. The lowest BCUT2D eigenvalue weighted by Crippen LogP contribution is -2.47. The molecule has 80 valence electrons. The zero-order chi connectivity index (χ0) is 16.3. The van der Waals surface area contributed by atoms with Crippen LogP contribution in [-0.4, -0.2) is 5.78 Å². The summed E-state index contributed by atoms with van der Waals surface area (Å²) in [6.07, 6.45) is -9.36. The second-order valence-electron chi connectivity index (χ2n) is 3.38. The van der Waals surface area contributed by atoms with Crippen molar-refractivity contribution in [2.24, 2.45) is 5.73 Å². The number of hydrogen-bond donors (Lipinski definition) is 1. The fourth-order valence-electron chi connectivity index (χ4n) is 1.52. The number of halogens is 1. The third-order valence-corrected chi connectivity index (χ3v) is 2.72. The third kappa shape index (κ3) is 1.80. The Bertz CT molecular complexity index is 605. The second-order valence-corrected chi connectivity index (χ2v) is 3.79. The summed E-state index contributed by atoms with van der Waals surface area (Å²) in [6, 6.07) is 6.04. The van der Waals surface area contributed by atoms with E-state index < -0.39 is 36.9 Å². The summed E-state index contributed by atoms with van der Waals surface area (Å²) < 4.78 is 46.5. The van der Waals surface area contributed by atoms with Gasteiger partial charge in [0.1, 0.15) is 5.54 Å². The van der Waals surface area contributed by atoms with Gasteiger partial charge in [-0.1, -0.05) is 36.2 Å². The molecule has 0 aromatic heterocycles. The lowest BCUT2D eigenvalue weighted by molar-refractivity contribution is -0.126. The Morgan fingerprint density at radius 3 is 2.87 bits per heavy atom. The van der Waals surface area contributed by atoms with Gasteiger partial charge in [-0.25, -0.2) is 0 Å². The maximum Gasteiger partial charge on any atom is 0.157 e. The molecule has 0 radical (unpaired) electrons. The number of rotatable bonds is 1. The SMILES string of the molecule is [2H]C1([2H])CC(N)(c2ccccc2Cl)C(=O)C([2H])([2H])C1([2H])[2H]. The van der Waals surface area contributed by atoms with Gasteiger partial charge in [0.25, 0.3) is 0 Å². The molecular weight excluding hydrogens is 210 g/mol. The van der Waals surface area contributed by atoms with Gasteiger partial charge in [-0.05, 0) is 24.4 Å². The molecule has 15 heavy (non-hydrogen) atoms. The summed E-state index contributed by atoms with van der Waals surface area (Å²) in [7, 11) is 0. The molecule has 1 atom stereocenters. The van der Waals surface area contributed by atoms with E-state index in [-0.39, 0.29) is 10.6 Å². The molecule has 0 aliphatic heterocycles. The number of ketones is 1. The molecule has 1 aliphatic carbocycles. The van der Waals surface area contributed by atoms with Crippen LogP contribution in [0.5, 0.6) is 0 Å². The van der Waals surface area contributed by atoms with Crippen molar-refractivity contribution < 1.29 is 13.0 Å². The first-order chi connectivity index (χ1) is 9.38. The second kappa shape index (κ2) is 3.95. The van der Waals surface area contributed by atoms with Crippen molar-refractivity contribution in [3.63, 3.8) is 0 Å². The average molecular weight is 230 g/mol. The van der Waals surface area contributed by atoms with Gasteiger partial charge >= 0.3 is 0 Å². The zero-order valence-electron chi connectivity index (χ0n) is 13.9. The van der Waals surface area contributed by atoms with Gasteiger partial charge in [0.2, 0.25) is 0 Å². The maximum absolute atomic E-state index is 12.5. The van der Waals surface area contributed by atoms with Crippen LogP contribution in [0, 0.1) is 0 Å². The van der Waals surface area contributed by atoms with Gasteiger partial charge in [-0.2, -0.15) is 0 Å². The normalized spacial score (nSPS) is 42.7. The highest BCUT2D eigenvalue weighted by Gasteiger charge is 2.38. The molecule has 1 saturated carbocycles. The Morgan fingerprint density at radius 1 is 1.40 bits per heavy atom. The molecule has 1 fully saturated rings. The Labute approximate surface area is 103 Å². The highest BCUT2D eigenvalue weighted by atomic mass is 35.5. The molecule has 1 aromatic carbocycles. The van der Waals surface area contributed by atoms with Crippen LogP contribution in [0.2, 0.25) is 5.02 Å². The summed E-state index contributed by atoms with van der Waals surface area (Å²) in [6.45, 7) is 0. The van der Waals surface area contributed by atoms with E-state index in [0.29, 0.717) is 0 Å². The van der Waals surface area contributed by atoms with Crippen molar-refractivity contribution in [3.05, 3.63) is 34.9 Å². The molecule has 0 amide bonds. The van der Waals surface area contributed by atoms with E-state index in [1.165, 1.54) is 12.1 Å². The fourth-order valence-corrected chi connectivity index (χ4v) is 1.82. The molecular formula is C12H14ClNO. The topological polar surface area (TPSA) is 43.1 Å². The quantitative estimate of drug-likeness (QED) is 0.805. The van der Waals surface area contributed by atoms with Gasteiger partial charge in [0.05, 0.1) is 0 Å². The van der Waals surface area contributed by atoms with Crippen LogP contribution in [0.3, 0.4) is 0 Å². The molecule has 0 bridgehead atoms. The first-order valence-corrected chi connectivity index (χ1v) is 4.84. The molecule has 0 heterocycles. The maximum atomic E-state index is 12.5. The third-order valence-electron chi connectivity index (χ3n) is 2.39. The smallest absolute Gasteiger partial charge is 0.157 e. The largest absolute Gasteiger partial charge is 0.315 e. The summed E-state index contributed by atoms with van der Waals surface area (Å²) in [4.78, 5) is 12.5. The summed E-state index contributed by atoms with van der Waals surface area (Å²) in [5, 5.41) is 0.113. The van der Waals surface area contributed by atoms with Crippen LogP contribution >= 0.6 is 11.6 Å². The van der Waals surface area contributed by atoms with E-state index in [2.05, 4.69) is 0 Å². The summed E-state index contributed by atoms with van der Waals surface area (Å²) in [5.41, 5.74) is 4.10. The van der Waals surface area contributed by atoms with Gasteiger partial charge in [-0.3, -0.25) is 4.79 Å². The molecule has 3 heteroatoms. The minimum absolute atomic E-state index is 0.0971. The molecule has 2 rings (SSSR count). The van der Waals surface area contributed by atoms with E-state index in [0.717, 1.165) is 0 Å². The van der Waals surface area contributed by atoms with Crippen LogP contribution < -0.4 is 5.73 Å². The number of carbonyl (C=O) groups excluding carboxylic acids is 1. The van der Waals surface area contributed by atoms with Crippen LogP contribution in [-0.2, 0) is 10.3 Å². The minimum Gasteiger partial charge on any atom is -0.315 e. The number of hydrogen-bond acceptors (Lipinski definition) is 2. The van der Waals surface area contributed by atoms with Crippen LogP contribution in [0.1, 0.15) is 39.3 Å². The highest BCUT2D eigenvalue weighted by Crippen LogP contribution is 2.35. The lowest BCUT2D eigenvalue weighted by Gasteiger charge is -2.32. The van der Waals surface area contributed by atoms with Crippen molar-refractivity contribution in [2.45, 2.75) is 31.1 Å². The van der Waals surface area contributed by atoms with Crippen molar-refractivity contribution in [1.29, 1.82) is 0 Å².